The van der Waals surface area contributed by atoms with Crippen molar-refractivity contribution in [2.24, 2.45) is 33.5 Å². The Morgan fingerprint density at radius 1 is 0.710 bits per heavy atom. The van der Waals surface area contributed by atoms with Crippen molar-refractivity contribution in [3.8, 4) is 0 Å². The number of hydrogen-bond donors (Lipinski definition) is 0. The highest BCUT2D eigenvalue weighted by molar-refractivity contribution is 7.87. The van der Waals surface area contributed by atoms with E-state index in [2.05, 4.69) is 27.7 Å². The lowest BCUT2D eigenvalue weighted by molar-refractivity contribution is -0.269. The summed E-state index contributed by atoms with van der Waals surface area (Å²) in [6.07, 6.45) is 6.65. The Labute approximate surface area is 367 Å². The van der Waals surface area contributed by atoms with Gasteiger partial charge >= 0.3 is 20.2 Å². The number of methoxy groups -OCH3 is 2. The molecule has 12 nitrogen and oxygen atoms in total. The van der Waals surface area contributed by atoms with E-state index in [-0.39, 0.29) is 62.3 Å². The summed E-state index contributed by atoms with van der Waals surface area (Å²) in [6, 6.07) is 13.0. The predicted octanol–water partition coefficient (Wildman–Crippen LogP) is 8.60. The number of carbonyl (C=O) groups excluding carboxylic acids is 2. The highest BCUT2D eigenvalue weighted by atomic mass is 32.2. The van der Waals surface area contributed by atoms with Crippen molar-refractivity contribution in [2.45, 2.75) is 116 Å². The molecule has 0 N–H and O–H groups in total. The Morgan fingerprint density at radius 3 is 1.82 bits per heavy atom. The molecule has 2 saturated carbocycles. The molecule has 0 aromatic heterocycles. The number of ketones is 2. The maximum atomic E-state index is 14.1. The summed E-state index contributed by atoms with van der Waals surface area (Å²) in [7, 11) is -5.34. The van der Waals surface area contributed by atoms with E-state index in [9.17, 15) is 26.4 Å². The first kappa shape index (κ1) is 46.1. The van der Waals surface area contributed by atoms with Gasteiger partial charge in [-0.2, -0.15) is 16.8 Å². The largest absolute Gasteiger partial charge is 0.383 e. The van der Waals surface area contributed by atoms with Crippen LogP contribution in [0, 0.1) is 47.3 Å². The van der Waals surface area contributed by atoms with Crippen molar-refractivity contribution in [3.63, 3.8) is 0 Å². The van der Waals surface area contributed by atoms with Gasteiger partial charge in [0.25, 0.3) is 5.79 Å². The van der Waals surface area contributed by atoms with Gasteiger partial charge < -0.3 is 27.3 Å². The molecule has 336 valence electrons. The number of Topliss-reactive ketones (excluding diaryl/α,β-unsaturated/α-hetero) is 2. The van der Waals surface area contributed by atoms with Gasteiger partial charge in [-0.1, -0.05) is 68.7 Å². The van der Waals surface area contributed by atoms with Gasteiger partial charge in [-0.25, -0.2) is 0 Å². The van der Waals surface area contributed by atoms with Crippen molar-refractivity contribution >= 4 is 31.8 Å². The van der Waals surface area contributed by atoms with Crippen LogP contribution in [0.2, 0.25) is 0 Å². The Hall–Kier alpha value is -3.92. The standard InChI is InChI=1S/2C24H30O6S/c1-15-7-9-17(10-8-15)31(26,27)30-18-13-23-16(2)11-12-20(23,3)21(4)14-29-24(28-6,19(23)25)22(18,21)5;1-15-7-11-20(12-8-15)31(26,27)30-22-13-21-17(3)10-9-16(2)18(4)14-29-24(28-6,19(22)5)23(21)25/h7-10,13,16H,11-12,14H2,1-6H3;7-8,11-13,17H,9-10,14H2,1-6H3/b;18-16-/t16-,20?,21?,22?,23?,24?;/m0./s1. The molecule has 7 unspecified atom stereocenters. The summed E-state index contributed by atoms with van der Waals surface area (Å²) >= 11 is 0. The van der Waals surface area contributed by atoms with Crippen molar-refractivity contribution < 1.29 is 53.7 Å². The Morgan fingerprint density at radius 2 is 1.27 bits per heavy atom. The number of ether oxygens (including phenoxy) is 4. The molecule has 62 heavy (non-hydrogen) atoms. The fraction of sp³-hybridized carbons (Fsp3) is 0.542. The molecule has 0 amide bonds. The summed E-state index contributed by atoms with van der Waals surface area (Å²) < 4.78 is 87.6. The second kappa shape index (κ2) is 15.4. The van der Waals surface area contributed by atoms with Crippen LogP contribution in [0.4, 0.5) is 0 Å². The summed E-state index contributed by atoms with van der Waals surface area (Å²) in [5.74, 6) is -3.49. The molecule has 7 aliphatic rings. The van der Waals surface area contributed by atoms with Crippen LogP contribution in [0.25, 0.3) is 0 Å². The van der Waals surface area contributed by atoms with Gasteiger partial charge in [0.15, 0.2) is 0 Å². The highest BCUT2D eigenvalue weighted by Gasteiger charge is 2.89. The first-order valence-corrected chi connectivity index (χ1v) is 24.0. The van der Waals surface area contributed by atoms with Gasteiger partial charge in [0.1, 0.15) is 21.3 Å². The average Bonchev–Trinajstić information content (AvgIpc) is 3.63. The Kier molecular flexibility index (Phi) is 11.4. The maximum absolute atomic E-state index is 14.1. The van der Waals surface area contributed by atoms with Crippen LogP contribution in [0.3, 0.4) is 0 Å². The van der Waals surface area contributed by atoms with E-state index in [1.54, 1.807) is 43.3 Å². The normalized spacial score (nSPS) is 36.6. The summed E-state index contributed by atoms with van der Waals surface area (Å²) in [4.78, 5) is 27.7. The van der Waals surface area contributed by atoms with Gasteiger partial charge in [0.05, 0.1) is 24.0 Å². The van der Waals surface area contributed by atoms with Crippen LogP contribution in [0.15, 0.2) is 104 Å². The summed E-state index contributed by atoms with van der Waals surface area (Å²) in [5, 5.41) is 0. The molecule has 8 atom stereocenters. The lowest BCUT2D eigenvalue weighted by Crippen LogP contribution is -2.76. The first-order valence-electron chi connectivity index (χ1n) is 21.2. The van der Waals surface area contributed by atoms with E-state index in [0.29, 0.717) is 12.2 Å². The number of fused-ring (bicyclic) bond motifs is 2. The molecule has 6 bridgehead atoms. The van der Waals surface area contributed by atoms with Crippen LogP contribution < -0.4 is 0 Å². The molecule has 1 spiro atoms. The molecule has 14 heteroatoms. The molecular formula is C48H60O12S2. The quantitative estimate of drug-likeness (QED) is 0.184. The van der Waals surface area contributed by atoms with E-state index in [1.807, 2.05) is 40.7 Å². The SMILES string of the molecule is COC12OC/C(C)=C(/C)CCC(C)C(=CC(OS(=O)(=O)c3ccc(C)cc3)=C1C)C2=O.COC12OCC3(C)C4(C)CC[C@H](C)C4(C=C(OS(=O)(=O)c4ccc(C)cc4)C13C)C2=O. The van der Waals surface area contributed by atoms with Crippen LogP contribution in [0.1, 0.15) is 92.2 Å². The van der Waals surface area contributed by atoms with E-state index in [0.717, 1.165) is 42.4 Å². The number of aryl methyl sites for hydroxylation is 2. The smallest absolute Gasteiger partial charge is 0.339 e. The number of rotatable bonds is 8. The molecule has 0 radical (unpaired) electrons. The van der Waals surface area contributed by atoms with Crippen LogP contribution in [-0.2, 0) is 57.1 Å². The third-order valence-electron chi connectivity index (χ3n) is 15.8. The topological polar surface area (TPSA) is 158 Å². The maximum Gasteiger partial charge on any atom is 0.339 e. The minimum atomic E-state index is -4.10. The molecule has 2 aliphatic heterocycles. The molecule has 1 saturated heterocycles. The van der Waals surface area contributed by atoms with Crippen LogP contribution >= 0.6 is 0 Å². The summed E-state index contributed by atoms with van der Waals surface area (Å²) in [5.41, 5.74) is 1.95. The fourth-order valence-corrected chi connectivity index (χ4v) is 13.1. The van der Waals surface area contributed by atoms with Crippen molar-refractivity contribution in [1.29, 1.82) is 0 Å². The zero-order chi connectivity index (χ0) is 45.6. The lowest BCUT2D eigenvalue weighted by Gasteiger charge is -2.67. The van der Waals surface area contributed by atoms with Gasteiger partial charge in [-0.15, -0.1) is 0 Å². The van der Waals surface area contributed by atoms with Crippen molar-refractivity contribution in [3.05, 3.63) is 106 Å². The van der Waals surface area contributed by atoms with Gasteiger partial charge in [-0.3, -0.25) is 9.59 Å². The molecule has 2 aromatic carbocycles. The monoisotopic (exact) mass is 892 g/mol. The zero-order valence-electron chi connectivity index (χ0n) is 37.9. The second-order valence-electron chi connectivity index (χ2n) is 18.8. The van der Waals surface area contributed by atoms with Crippen molar-refractivity contribution in [2.75, 3.05) is 27.4 Å². The van der Waals surface area contributed by atoms with E-state index >= 15 is 0 Å². The number of allylic oxidation sites excluding steroid dienone is 3. The molecule has 2 heterocycles. The Balaban J connectivity index is 0.000000186. The van der Waals surface area contributed by atoms with E-state index < -0.39 is 48.1 Å². The van der Waals surface area contributed by atoms with Crippen molar-refractivity contribution in [1.82, 2.24) is 0 Å². The molecular weight excluding hydrogens is 833 g/mol. The van der Waals surface area contributed by atoms with Crippen LogP contribution in [0.5, 0.6) is 0 Å². The molecule has 2 aromatic rings. The Bertz CT molecular complexity index is 2550. The molecule has 5 aliphatic carbocycles. The minimum absolute atomic E-state index is 0.0195. The van der Waals surface area contributed by atoms with E-state index in [1.165, 1.54) is 38.0 Å². The second-order valence-corrected chi connectivity index (χ2v) is 21.9. The number of hydrogen-bond acceptors (Lipinski definition) is 12. The average molecular weight is 893 g/mol. The van der Waals surface area contributed by atoms with Crippen LogP contribution in [-0.4, -0.2) is 67.4 Å². The fourth-order valence-electron chi connectivity index (χ4n) is 11.1. The third-order valence-corrected chi connectivity index (χ3v) is 18.3. The lowest BCUT2D eigenvalue weighted by atomic mass is 9.34. The third kappa shape index (κ3) is 6.24. The predicted molar refractivity (Wildman–Crippen MR) is 231 cm³/mol. The van der Waals surface area contributed by atoms with Gasteiger partial charge in [-0.05, 0) is 126 Å². The first-order chi connectivity index (χ1) is 28.9. The summed E-state index contributed by atoms with van der Waals surface area (Å²) in [6.45, 7) is 20.0. The van der Waals surface area contributed by atoms with Gasteiger partial charge in [0.2, 0.25) is 17.4 Å². The minimum Gasteiger partial charge on any atom is -0.383 e. The molecule has 9 rings (SSSR count). The highest BCUT2D eigenvalue weighted by Crippen LogP contribution is 2.83. The van der Waals surface area contributed by atoms with E-state index in [4.69, 9.17) is 27.3 Å². The number of benzene rings is 2. The number of carbonyl (C=O) groups is 2. The zero-order valence-corrected chi connectivity index (χ0v) is 39.5. The molecule has 3 fully saturated rings. The van der Waals surface area contributed by atoms with Gasteiger partial charge in [0, 0.05) is 30.8 Å².